The van der Waals surface area contributed by atoms with E-state index in [-0.39, 0.29) is 17.8 Å². The second-order valence-corrected chi connectivity index (χ2v) is 5.22. The maximum absolute atomic E-state index is 10.9. The first-order valence-corrected chi connectivity index (χ1v) is 5.85. The highest BCUT2D eigenvalue weighted by Gasteiger charge is 2.25. The molecule has 0 saturated carbocycles. The van der Waals surface area contributed by atoms with E-state index < -0.39 is 16.4 Å². The minimum absolute atomic E-state index is 0.0906. The summed E-state index contributed by atoms with van der Waals surface area (Å²) in [7, 11) is 0. The maximum Gasteiger partial charge on any atom is 0.323 e. The number of carboxylic acid groups (broad SMARTS) is 1. The van der Waals surface area contributed by atoms with Gasteiger partial charge in [-0.15, -0.1) is 0 Å². The van der Waals surface area contributed by atoms with Crippen molar-refractivity contribution in [2.24, 2.45) is 0 Å². The zero-order valence-corrected chi connectivity index (χ0v) is 11.5. The van der Waals surface area contributed by atoms with Crippen LogP contribution >= 0.6 is 0 Å². The van der Waals surface area contributed by atoms with Crippen LogP contribution in [0.1, 0.15) is 26.3 Å². The molecule has 0 atom stereocenters. The van der Waals surface area contributed by atoms with Crippen LogP contribution in [0.3, 0.4) is 0 Å². The molecule has 7 nitrogen and oxygen atoms in total. The lowest BCUT2D eigenvalue weighted by molar-refractivity contribution is -0.385. The van der Waals surface area contributed by atoms with Crippen LogP contribution in [0.2, 0.25) is 0 Å². The van der Waals surface area contributed by atoms with E-state index in [0.717, 1.165) is 0 Å². The van der Waals surface area contributed by atoms with Gasteiger partial charge in [-0.05, 0) is 32.9 Å². The van der Waals surface area contributed by atoms with E-state index in [1.807, 2.05) is 20.8 Å². The summed E-state index contributed by atoms with van der Waals surface area (Å²) in [6.07, 6.45) is 0. The van der Waals surface area contributed by atoms with E-state index in [9.17, 15) is 14.9 Å². The summed E-state index contributed by atoms with van der Waals surface area (Å²) in [5.41, 5.74) is -0.420. The van der Waals surface area contributed by atoms with Crippen LogP contribution in [0.25, 0.3) is 0 Å². The molecule has 0 aromatic heterocycles. The molecule has 1 aromatic carbocycles. The maximum atomic E-state index is 10.9. The van der Waals surface area contributed by atoms with E-state index in [1.54, 1.807) is 11.0 Å². The highest BCUT2D eigenvalue weighted by atomic mass is 16.6. The zero-order chi connectivity index (χ0) is 15.5. The Morgan fingerprint density at radius 3 is 2.50 bits per heavy atom. The first kappa shape index (κ1) is 15.4. The molecule has 0 bridgehead atoms. The fraction of sp³-hybridized carbons (Fsp3) is 0.385. The van der Waals surface area contributed by atoms with Gasteiger partial charge in [0.25, 0.3) is 5.69 Å². The molecule has 20 heavy (non-hydrogen) atoms. The molecule has 0 unspecified atom stereocenters. The Balaban J connectivity index is 3.33. The molecule has 0 saturated heterocycles. The minimum Gasteiger partial charge on any atom is -0.480 e. The van der Waals surface area contributed by atoms with Gasteiger partial charge in [0, 0.05) is 17.3 Å². The smallest absolute Gasteiger partial charge is 0.323 e. The number of nitro benzene ring substituents is 1. The Kier molecular flexibility index (Phi) is 4.30. The number of hydrogen-bond donors (Lipinski definition) is 1. The lowest BCUT2D eigenvalue weighted by Gasteiger charge is -2.36. The largest absolute Gasteiger partial charge is 0.480 e. The second-order valence-electron chi connectivity index (χ2n) is 5.22. The number of carbonyl (C=O) groups is 1. The molecule has 1 N–H and O–H groups in total. The summed E-state index contributed by atoms with van der Waals surface area (Å²) in [5.74, 6) is -1.02. The van der Waals surface area contributed by atoms with Gasteiger partial charge in [0.1, 0.15) is 18.2 Å². The molecular formula is C13H15N3O4. The first-order valence-electron chi connectivity index (χ1n) is 5.85. The molecule has 106 valence electrons. The van der Waals surface area contributed by atoms with Crippen LogP contribution in [0, 0.1) is 21.4 Å². The molecule has 0 spiro atoms. The van der Waals surface area contributed by atoms with Gasteiger partial charge in [0.2, 0.25) is 0 Å². The number of rotatable bonds is 4. The number of benzene rings is 1. The standard InChI is InChI=1S/C13H15N3O4/c1-13(2,3)15(8-12(17)18)10-4-5-11(16(19)20)9(6-10)7-14/h4-6H,8H2,1-3H3,(H,17,18). The second kappa shape index (κ2) is 5.57. The Morgan fingerprint density at radius 1 is 1.50 bits per heavy atom. The van der Waals surface area contributed by atoms with Gasteiger partial charge >= 0.3 is 5.97 Å². The predicted molar refractivity (Wildman–Crippen MR) is 72.5 cm³/mol. The predicted octanol–water partition coefficient (Wildman–Crippen LogP) is 2.16. The van der Waals surface area contributed by atoms with Crippen molar-refractivity contribution in [1.82, 2.24) is 0 Å². The molecule has 0 heterocycles. The fourth-order valence-corrected chi connectivity index (χ4v) is 1.79. The Hall–Kier alpha value is -2.62. The minimum atomic E-state index is -1.02. The molecule has 0 amide bonds. The highest BCUT2D eigenvalue weighted by molar-refractivity contribution is 5.75. The third-order valence-electron chi connectivity index (χ3n) is 2.71. The molecule has 1 aromatic rings. The SMILES string of the molecule is CC(C)(C)N(CC(=O)O)c1ccc([N+](=O)[O-])c(C#N)c1. The first-order chi connectivity index (χ1) is 9.16. The quantitative estimate of drug-likeness (QED) is 0.667. The number of aliphatic carboxylic acids is 1. The average Bonchev–Trinajstić information content (AvgIpc) is 2.33. The molecule has 0 radical (unpaired) electrons. The van der Waals surface area contributed by atoms with Crippen LogP contribution in [0.15, 0.2) is 18.2 Å². The van der Waals surface area contributed by atoms with Crippen LogP contribution < -0.4 is 4.90 Å². The van der Waals surface area contributed by atoms with E-state index in [4.69, 9.17) is 10.4 Å². The van der Waals surface area contributed by atoms with Crippen LogP contribution in [-0.2, 0) is 4.79 Å². The van der Waals surface area contributed by atoms with E-state index in [1.165, 1.54) is 18.2 Å². The Morgan fingerprint density at radius 2 is 2.10 bits per heavy atom. The van der Waals surface area contributed by atoms with Crippen LogP contribution in [-0.4, -0.2) is 28.1 Å². The monoisotopic (exact) mass is 277 g/mol. The number of nitrogens with zero attached hydrogens (tertiary/aromatic N) is 3. The molecule has 0 aliphatic carbocycles. The summed E-state index contributed by atoms with van der Waals surface area (Å²) in [5, 5.41) is 28.7. The Bertz CT molecular complexity index is 584. The summed E-state index contributed by atoms with van der Waals surface area (Å²) >= 11 is 0. The van der Waals surface area contributed by atoms with Crippen molar-refractivity contribution in [2.45, 2.75) is 26.3 Å². The van der Waals surface area contributed by atoms with Gasteiger partial charge in [-0.2, -0.15) is 5.26 Å². The van der Waals surface area contributed by atoms with Crippen molar-refractivity contribution in [3.63, 3.8) is 0 Å². The summed E-state index contributed by atoms with van der Waals surface area (Å²) < 4.78 is 0. The Labute approximate surface area is 116 Å². The van der Waals surface area contributed by atoms with Crippen molar-refractivity contribution < 1.29 is 14.8 Å². The van der Waals surface area contributed by atoms with Crippen molar-refractivity contribution in [3.8, 4) is 6.07 Å². The number of nitriles is 1. The molecule has 0 aliphatic rings. The van der Waals surface area contributed by atoms with Crippen molar-refractivity contribution in [3.05, 3.63) is 33.9 Å². The number of carboxylic acids is 1. The molecule has 7 heteroatoms. The van der Waals surface area contributed by atoms with Gasteiger partial charge in [0.05, 0.1) is 4.92 Å². The van der Waals surface area contributed by atoms with Gasteiger partial charge in [-0.25, -0.2) is 0 Å². The fourth-order valence-electron chi connectivity index (χ4n) is 1.79. The van der Waals surface area contributed by atoms with Gasteiger partial charge in [0.15, 0.2) is 0 Å². The van der Waals surface area contributed by atoms with Gasteiger partial charge in [-0.1, -0.05) is 0 Å². The lowest BCUT2D eigenvalue weighted by atomic mass is 10.0. The van der Waals surface area contributed by atoms with Crippen LogP contribution in [0.5, 0.6) is 0 Å². The normalized spacial score (nSPS) is 10.7. The van der Waals surface area contributed by atoms with Crippen molar-refractivity contribution in [2.75, 3.05) is 11.4 Å². The molecule has 0 fully saturated rings. The van der Waals surface area contributed by atoms with Gasteiger partial charge < -0.3 is 10.0 Å². The van der Waals surface area contributed by atoms with E-state index in [0.29, 0.717) is 5.69 Å². The van der Waals surface area contributed by atoms with Gasteiger partial charge in [-0.3, -0.25) is 14.9 Å². The van der Waals surface area contributed by atoms with Crippen molar-refractivity contribution >= 4 is 17.3 Å². The number of hydrogen-bond acceptors (Lipinski definition) is 5. The van der Waals surface area contributed by atoms with E-state index in [2.05, 4.69) is 0 Å². The third kappa shape index (κ3) is 3.45. The van der Waals surface area contributed by atoms with E-state index >= 15 is 0 Å². The number of nitro groups is 1. The average molecular weight is 277 g/mol. The highest BCUT2D eigenvalue weighted by Crippen LogP contribution is 2.28. The third-order valence-corrected chi connectivity index (χ3v) is 2.71. The summed E-state index contributed by atoms with van der Waals surface area (Å²) in [4.78, 5) is 22.7. The summed E-state index contributed by atoms with van der Waals surface area (Å²) in [6.45, 7) is 5.21. The topological polar surface area (TPSA) is 107 Å². The zero-order valence-electron chi connectivity index (χ0n) is 11.5. The summed E-state index contributed by atoms with van der Waals surface area (Å²) in [6, 6.07) is 5.77. The molecule has 0 aliphatic heterocycles. The molecular weight excluding hydrogens is 262 g/mol. The molecule has 1 rings (SSSR count). The lowest BCUT2D eigenvalue weighted by Crippen LogP contribution is -2.44. The van der Waals surface area contributed by atoms with Crippen molar-refractivity contribution in [1.29, 1.82) is 5.26 Å². The number of anilines is 1. The van der Waals surface area contributed by atoms with Crippen LogP contribution in [0.4, 0.5) is 11.4 Å².